The minimum Gasteiger partial charge on any atom is -0.508 e. The first kappa shape index (κ1) is 28.9. The Balaban J connectivity index is 1.49. The van der Waals surface area contributed by atoms with E-state index < -0.39 is 58.2 Å². The smallest absolute Gasteiger partial charge is 0.255 e. The molecule has 3 aliphatic carbocycles. The number of ketones is 2. The molecule has 4 atom stereocenters. The highest BCUT2D eigenvalue weighted by atomic mass is 16.3. The van der Waals surface area contributed by atoms with Gasteiger partial charge in [-0.1, -0.05) is 11.8 Å². The molecule has 2 aromatic carbocycles. The van der Waals surface area contributed by atoms with Crippen molar-refractivity contribution in [3.63, 3.8) is 0 Å². The Morgan fingerprint density at radius 2 is 1.79 bits per heavy atom. The zero-order chi connectivity index (χ0) is 30.5. The van der Waals surface area contributed by atoms with E-state index in [1.807, 2.05) is 19.0 Å². The number of anilines is 1. The van der Waals surface area contributed by atoms with Crippen molar-refractivity contribution < 1.29 is 39.9 Å². The monoisotopic (exact) mass is 573 g/mol. The van der Waals surface area contributed by atoms with Crippen molar-refractivity contribution in [1.82, 2.24) is 4.90 Å². The molecule has 8 N–H and O–H groups in total. The molecular weight excluding hydrogens is 542 g/mol. The number of benzene rings is 2. The number of Topliss-reactive ketones (excluding diaryl/α,β-unsaturated/α-hetero) is 2. The summed E-state index contributed by atoms with van der Waals surface area (Å²) in [4.78, 5) is 39.8. The molecule has 0 aliphatic heterocycles. The van der Waals surface area contributed by atoms with E-state index in [-0.39, 0.29) is 36.1 Å². The lowest BCUT2D eigenvalue weighted by Crippen LogP contribution is -2.58. The van der Waals surface area contributed by atoms with E-state index in [1.54, 1.807) is 30.3 Å². The number of nitrogens with zero attached hydrogens (tertiary/aromatic N) is 1. The maximum Gasteiger partial charge on any atom is 0.255 e. The van der Waals surface area contributed by atoms with Crippen molar-refractivity contribution in [2.75, 3.05) is 26.0 Å². The first-order valence-corrected chi connectivity index (χ1v) is 13.4. The Labute approximate surface area is 241 Å². The Morgan fingerprint density at radius 1 is 1.10 bits per heavy atom. The molecule has 0 bridgehead atoms. The molecule has 0 aromatic heterocycles. The number of phenolic OH excluding ortho intramolecular Hbond substituents is 1. The average Bonchev–Trinajstić information content (AvgIpc) is 2.90. The van der Waals surface area contributed by atoms with E-state index >= 15 is 0 Å². The molecule has 0 spiro atoms. The molecule has 0 heterocycles. The third kappa shape index (κ3) is 4.79. The number of aromatic hydroxyl groups is 1. The summed E-state index contributed by atoms with van der Waals surface area (Å²) >= 11 is 0. The Bertz CT molecular complexity index is 1630. The molecule has 1 unspecified atom stereocenters. The summed E-state index contributed by atoms with van der Waals surface area (Å²) < 4.78 is 0. The molecule has 0 saturated heterocycles. The molecule has 1 saturated carbocycles. The number of nitrogens with two attached hydrogens (primary N) is 1. The second kappa shape index (κ2) is 10.6. The van der Waals surface area contributed by atoms with Crippen LogP contribution in [0.4, 0.5) is 5.69 Å². The van der Waals surface area contributed by atoms with Crippen molar-refractivity contribution in [3.05, 3.63) is 75.6 Å². The van der Waals surface area contributed by atoms with Gasteiger partial charge < -0.3 is 41.5 Å². The van der Waals surface area contributed by atoms with Crippen LogP contribution in [0.5, 0.6) is 5.75 Å². The molecule has 1 amide bonds. The highest BCUT2D eigenvalue weighted by Crippen LogP contribution is 2.52. The van der Waals surface area contributed by atoms with Gasteiger partial charge in [-0.15, -0.1) is 0 Å². The number of aliphatic hydroxyl groups excluding tert-OH is 3. The SMILES string of the molecule is CN(C)CC(O)Nc1ccc(C#Cc2ccc(O)c3c2C[C@H]2C[C@H]4CC(=O)C(C(N)=O)=C(O)[C@@]4(O)C(=O)C2=C3O)cc1. The number of nitrogens with one attached hydrogen (secondary N) is 1. The standard InChI is InChI=1S/C31H31N3O8/c1-34(2)14-23(37)33-19-8-4-15(5-9-19)3-6-16-7-10-21(35)25-20(16)12-17-11-18-13-22(36)26(30(32)41)29(40)31(18,42)28(39)24(17)27(25)38/h4-5,7-10,17-18,23,33,35,37-38,40,42H,11-14H2,1-2H3,(H2,32,41)/t17-,18+,23?,31+/m1/s1. The van der Waals surface area contributed by atoms with Crippen LogP contribution < -0.4 is 11.1 Å². The zero-order valence-corrected chi connectivity index (χ0v) is 23.0. The van der Waals surface area contributed by atoms with E-state index in [0.717, 1.165) is 0 Å². The van der Waals surface area contributed by atoms with Crippen LogP contribution in [0.3, 0.4) is 0 Å². The van der Waals surface area contributed by atoms with Crippen molar-refractivity contribution in [3.8, 4) is 17.6 Å². The fraction of sp³-hybridized carbons (Fsp3) is 0.323. The summed E-state index contributed by atoms with van der Waals surface area (Å²) in [5.74, 6) is -0.615. The number of aliphatic hydroxyl groups is 4. The number of fused-ring (bicyclic) bond motifs is 3. The van der Waals surface area contributed by atoms with Crippen LogP contribution in [0, 0.1) is 23.7 Å². The topological polar surface area (TPSA) is 194 Å². The lowest BCUT2D eigenvalue weighted by molar-refractivity contribution is -0.147. The third-order valence-corrected chi connectivity index (χ3v) is 8.04. The maximum absolute atomic E-state index is 13.6. The Hall–Kier alpha value is -4.63. The third-order valence-electron chi connectivity index (χ3n) is 8.04. The summed E-state index contributed by atoms with van der Waals surface area (Å²) in [6, 6.07) is 10.1. The molecule has 0 radical (unpaired) electrons. The fourth-order valence-corrected chi connectivity index (χ4v) is 6.11. The van der Waals surface area contributed by atoms with Crippen LogP contribution >= 0.6 is 0 Å². The van der Waals surface area contributed by atoms with Crippen molar-refractivity contribution in [1.29, 1.82) is 0 Å². The summed E-state index contributed by atoms with van der Waals surface area (Å²) in [6.45, 7) is 0.436. The number of amides is 1. The van der Waals surface area contributed by atoms with E-state index in [4.69, 9.17) is 5.73 Å². The van der Waals surface area contributed by atoms with E-state index in [1.165, 1.54) is 6.07 Å². The van der Waals surface area contributed by atoms with Gasteiger partial charge in [-0.2, -0.15) is 0 Å². The zero-order valence-electron chi connectivity index (χ0n) is 23.0. The van der Waals surface area contributed by atoms with Gasteiger partial charge in [-0.05, 0) is 74.8 Å². The minimum absolute atomic E-state index is 0.0108. The molecule has 11 nitrogen and oxygen atoms in total. The lowest BCUT2D eigenvalue weighted by atomic mass is 9.59. The van der Waals surface area contributed by atoms with Crippen molar-refractivity contribution in [2.24, 2.45) is 17.6 Å². The van der Waals surface area contributed by atoms with Gasteiger partial charge in [-0.3, -0.25) is 14.4 Å². The van der Waals surface area contributed by atoms with Gasteiger partial charge >= 0.3 is 0 Å². The average molecular weight is 574 g/mol. The second-order valence-electron chi connectivity index (χ2n) is 11.1. The number of rotatable bonds is 5. The van der Waals surface area contributed by atoms with Gasteiger partial charge in [-0.25, -0.2) is 0 Å². The van der Waals surface area contributed by atoms with Crippen LogP contribution in [0.15, 0.2) is 53.3 Å². The molecular formula is C31H31N3O8. The highest BCUT2D eigenvalue weighted by molar-refractivity contribution is 6.22. The number of hydrogen-bond acceptors (Lipinski definition) is 10. The largest absolute Gasteiger partial charge is 0.508 e. The number of carbonyl (C=O) groups is 3. The number of phenols is 1. The normalized spacial score (nSPS) is 23.9. The summed E-state index contributed by atoms with van der Waals surface area (Å²) in [6.07, 6.45) is -0.921. The Kier molecular flexibility index (Phi) is 7.32. The van der Waals surface area contributed by atoms with E-state index in [9.17, 15) is 39.9 Å². The first-order valence-electron chi connectivity index (χ1n) is 13.4. The van der Waals surface area contributed by atoms with Crippen LogP contribution in [-0.4, -0.2) is 80.4 Å². The van der Waals surface area contributed by atoms with Crippen LogP contribution in [0.2, 0.25) is 0 Å². The van der Waals surface area contributed by atoms with Gasteiger partial charge in [0.1, 0.15) is 29.1 Å². The minimum atomic E-state index is -2.61. The predicted molar refractivity (Wildman–Crippen MR) is 152 cm³/mol. The number of carbonyl (C=O) groups excluding carboxylic acids is 3. The molecule has 42 heavy (non-hydrogen) atoms. The van der Waals surface area contributed by atoms with Crippen LogP contribution in [0.1, 0.15) is 35.1 Å². The molecule has 3 aliphatic rings. The molecule has 218 valence electrons. The molecule has 2 aromatic rings. The van der Waals surface area contributed by atoms with Gasteiger partial charge in [0.05, 0.1) is 5.56 Å². The van der Waals surface area contributed by atoms with Gasteiger partial charge in [0.2, 0.25) is 5.78 Å². The van der Waals surface area contributed by atoms with Gasteiger partial charge in [0.15, 0.2) is 11.4 Å². The molecule has 11 heteroatoms. The number of primary amides is 1. The number of hydrogen-bond donors (Lipinski definition) is 7. The van der Waals surface area contributed by atoms with E-state index in [2.05, 4.69) is 17.2 Å². The maximum atomic E-state index is 13.6. The van der Waals surface area contributed by atoms with Crippen molar-refractivity contribution in [2.45, 2.75) is 31.1 Å². The van der Waals surface area contributed by atoms with Gasteiger partial charge in [0, 0.05) is 41.3 Å². The van der Waals surface area contributed by atoms with E-state index in [0.29, 0.717) is 28.9 Å². The molecule has 5 rings (SSSR count). The summed E-state index contributed by atoms with van der Waals surface area (Å²) in [5.41, 5.74) is 3.96. The second-order valence-corrected chi connectivity index (χ2v) is 11.1. The first-order chi connectivity index (χ1) is 19.8. The van der Waals surface area contributed by atoms with Crippen LogP contribution in [0.25, 0.3) is 5.76 Å². The summed E-state index contributed by atoms with van der Waals surface area (Å²) in [7, 11) is 3.71. The highest BCUT2D eigenvalue weighted by Gasteiger charge is 2.60. The quantitative estimate of drug-likeness (QED) is 0.155. The molecule has 1 fully saturated rings. The Morgan fingerprint density at radius 3 is 2.43 bits per heavy atom. The van der Waals surface area contributed by atoms with Crippen LogP contribution in [-0.2, 0) is 20.8 Å². The predicted octanol–water partition coefficient (Wildman–Crippen LogP) is 1.12. The fourth-order valence-electron chi connectivity index (χ4n) is 6.11. The lowest BCUT2D eigenvalue weighted by Gasteiger charge is -2.46. The summed E-state index contributed by atoms with van der Waals surface area (Å²) in [5, 5.41) is 57.0. The van der Waals surface area contributed by atoms with Crippen molar-refractivity contribution >= 4 is 28.9 Å². The number of likely N-dealkylation sites (N-methyl/N-ethyl adjacent to an activating group) is 1. The van der Waals surface area contributed by atoms with Gasteiger partial charge in [0.25, 0.3) is 5.91 Å².